The number of nitrogens with zero attached hydrogens (tertiary/aromatic N) is 1. The number of rotatable bonds is 4. The molecule has 1 fully saturated rings. The molecule has 2 rings (SSSR count). The lowest BCUT2D eigenvalue weighted by molar-refractivity contribution is 0.0600. The molecule has 1 amide bonds. The van der Waals surface area contributed by atoms with Gasteiger partial charge >= 0.3 is 5.97 Å². The van der Waals surface area contributed by atoms with Gasteiger partial charge in [-0.1, -0.05) is 6.07 Å². The first kappa shape index (κ1) is 13.5. The van der Waals surface area contributed by atoms with Gasteiger partial charge in [0.15, 0.2) is 0 Å². The maximum atomic E-state index is 12.0. The van der Waals surface area contributed by atoms with Gasteiger partial charge in [-0.3, -0.25) is 4.79 Å². The minimum atomic E-state index is -0.435. The summed E-state index contributed by atoms with van der Waals surface area (Å²) in [6.07, 6.45) is 0. The lowest BCUT2D eigenvalue weighted by atomic mass is 10.0. The molecule has 19 heavy (non-hydrogen) atoms. The van der Waals surface area contributed by atoms with Gasteiger partial charge in [-0.2, -0.15) is 0 Å². The Morgan fingerprint density at radius 3 is 2.68 bits per heavy atom. The fourth-order valence-corrected chi connectivity index (χ4v) is 2.20. The average molecular weight is 262 g/mol. The smallest absolute Gasteiger partial charge is 0.337 e. The molecule has 0 bridgehead atoms. The minimum Gasteiger partial charge on any atom is -0.465 e. The zero-order valence-electron chi connectivity index (χ0n) is 11.2. The van der Waals surface area contributed by atoms with Gasteiger partial charge in [0, 0.05) is 31.1 Å². The highest BCUT2D eigenvalue weighted by Gasteiger charge is 2.23. The first-order valence-electron chi connectivity index (χ1n) is 6.25. The van der Waals surface area contributed by atoms with Gasteiger partial charge in [-0.15, -0.1) is 0 Å². The summed E-state index contributed by atoms with van der Waals surface area (Å²) in [6.45, 7) is 2.70. The van der Waals surface area contributed by atoms with Crippen molar-refractivity contribution in [1.82, 2.24) is 10.2 Å². The van der Waals surface area contributed by atoms with Crippen LogP contribution in [0.25, 0.3) is 0 Å². The summed E-state index contributed by atoms with van der Waals surface area (Å²) in [5.41, 5.74) is 0.870. The van der Waals surface area contributed by atoms with E-state index in [1.807, 2.05) is 0 Å². The van der Waals surface area contributed by atoms with E-state index in [2.05, 4.69) is 22.0 Å². The van der Waals surface area contributed by atoms with Crippen molar-refractivity contribution in [2.75, 3.05) is 33.8 Å². The van der Waals surface area contributed by atoms with Crippen molar-refractivity contribution in [1.29, 1.82) is 0 Å². The Bertz CT molecular complexity index is 481. The fourth-order valence-electron chi connectivity index (χ4n) is 2.20. The number of esters is 1. The topological polar surface area (TPSA) is 58.6 Å². The van der Waals surface area contributed by atoms with E-state index in [0.29, 0.717) is 23.6 Å². The predicted octanol–water partition coefficient (Wildman–Crippen LogP) is 0.765. The summed E-state index contributed by atoms with van der Waals surface area (Å²) in [5.74, 6) is -0.0617. The Balaban J connectivity index is 1.93. The van der Waals surface area contributed by atoms with Gasteiger partial charge in [-0.25, -0.2) is 4.79 Å². The molecule has 1 aliphatic heterocycles. The third kappa shape index (κ3) is 3.32. The Labute approximate surface area is 112 Å². The number of methoxy groups -OCH3 is 1. The van der Waals surface area contributed by atoms with Crippen LogP contribution in [-0.4, -0.2) is 50.6 Å². The van der Waals surface area contributed by atoms with Gasteiger partial charge in [0.1, 0.15) is 0 Å². The minimum absolute atomic E-state index is 0.152. The standard InChI is InChI=1S/C14H18N2O3/c1-16-8-10(9-16)7-15-13(17)11-4-3-5-12(6-11)14(18)19-2/h3-6,10H,7-9H2,1-2H3,(H,15,17). The van der Waals surface area contributed by atoms with Crippen LogP contribution in [-0.2, 0) is 4.74 Å². The molecule has 0 aliphatic carbocycles. The number of ether oxygens (including phenoxy) is 1. The van der Waals surface area contributed by atoms with Crippen molar-refractivity contribution in [2.24, 2.45) is 5.92 Å². The molecule has 1 heterocycles. The molecular formula is C14H18N2O3. The molecule has 0 unspecified atom stereocenters. The predicted molar refractivity (Wildman–Crippen MR) is 71.1 cm³/mol. The number of carbonyl (C=O) groups is 2. The SMILES string of the molecule is COC(=O)c1cccc(C(=O)NCC2CN(C)C2)c1. The summed E-state index contributed by atoms with van der Waals surface area (Å²) in [6, 6.07) is 6.55. The molecule has 102 valence electrons. The van der Waals surface area contributed by atoms with Gasteiger partial charge < -0.3 is 15.0 Å². The van der Waals surface area contributed by atoms with Crippen LogP contribution in [0.15, 0.2) is 24.3 Å². The molecular weight excluding hydrogens is 244 g/mol. The number of benzene rings is 1. The van der Waals surface area contributed by atoms with E-state index in [4.69, 9.17) is 0 Å². The normalized spacial score (nSPS) is 15.7. The van der Waals surface area contributed by atoms with E-state index in [1.165, 1.54) is 7.11 Å². The maximum absolute atomic E-state index is 12.0. The van der Waals surface area contributed by atoms with Crippen molar-refractivity contribution >= 4 is 11.9 Å². The Hall–Kier alpha value is -1.88. The first-order valence-corrected chi connectivity index (χ1v) is 6.25. The molecule has 5 nitrogen and oxygen atoms in total. The highest BCUT2D eigenvalue weighted by Crippen LogP contribution is 2.12. The number of likely N-dealkylation sites (tertiary alicyclic amines) is 1. The van der Waals surface area contributed by atoms with Crippen LogP contribution in [0.1, 0.15) is 20.7 Å². The highest BCUT2D eigenvalue weighted by molar-refractivity contribution is 5.97. The third-order valence-electron chi connectivity index (χ3n) is 3.24. The van der Waals surface area contributed by atoms with Crippen molar-refractivity contribution in [2.45, 2.75) is 0 Å². The van der Waals surface area contributed by atoms with Crippen molar-refractivity contribution in [3.63, 3.8) is 0 Å². The Morgan fingerprint density at radius 1 is 1.37 bits per heavy atom. The molecule has 1 saturated heterocycles. The van der Waals surface area contributed by atoms with E-state index in [0.717, 1.165) is 13.1 Å². The van der Waals surface area contributed by atoms with Crippen LogP contribution in [0.5, 0.6) is 0 Å². The summed E-state index contributed by atoms with van der Waals surface area (Å²) < 4.78 is 4.63. The molecule has 0 radical (unpaired) electrons. The second-order valence-electron chi connectivity index (χ2n) is 4.87. The molecule has 0 aromatic heterocycles. The fraction of sp³-hybridized carbons (Fsp3) is 0.429. The molecule has 1 N–H and O–H groups in total. The molecule has 0 atom stereocenters. The van der Waals surface area contributed by atoms with Crippen LogP contribution in [0.2, 0.25) is 0 Å². The molecule has 1 aliphatic rings. The first-order chi connectivity index (χ1) is 9.10. The van der Waals surface area contributed by atoms with Crippen LogP contribution >= 0.6 is 0 Å². The Kier molecular flexibility index (Phi) is 4.16. The van der Waals surface area contributed by atoms with Crippen LogP contribution < -0.4 is 5.32 Å². The van der Waals surface area contributed by atoms with Crippen molar-refractivity contribution in [3.8, 4) is 0 Å². The van der Waals surface area contributed by atoms with Crippen molar-refractivity contribution in [3.05, 3.63) is 35.4 Å². The van der Waals surface area contributed by atoms with Gasteiger partial charge in [0.05, 0.1) is 12.7 Å². The van der Waals surface area contributed by atoms with Gasteiger partial charge in [-0.05, 0) is 25.2 Å². The molecule has 1 aromatic carbocycles. The molecule has 5 heteroatoms. The van der Waals surface area contributed by atoms with E-state index >= 15 is 0 Å². The molecule has 0 spiro atoms. The van der Waals surface area contributed by atoms with Crippen molar-refractivity contribution < 1.29 is 14.3 Å². The Morgan fingerprint density at radius 2 is 2.05 bits per heavy atom. The average Bonchev–Trinajstić information content (AvgIpc) is 2.41. The quantitative estimate of drug-likeness (QED) is 0.814. The van der Waals surface area contributed by atoms with Gasteiger partial charge in [0.25, 0.3) is 5.91 Å². The van der Waals surface area contributed by atoms with Crippen LogP contribution in [0.3, 0.4) is 0 Å². The number of carbonyl (C=O) groups excluding carboxylic acids is 2. The largest absolute Gasteiger partial charge is 0.465 e. The number of hydrogen-bond acceptors (Lipinski definition) is 4. The lowest BCUT2D eigenvalue weighted by Gasteiger charge is -2.36. The van der Waals surface area contributed by atoms with E-state index in [-0.39, 0.29) is 5.91 Å². The number of amides is 1. The zero-order valence-corrected chi connectivity index (χ0v) is 11.2. The van der Waals surface area contributed by atoms with E-state index in [9.17, 15) is 9.59 Å². The highest BCUT2D eigenvalue weighted by atomic mass is 16.5. The summed E-state index contributed by atoms with van der Waals surface area (Å²) in [7, 11) is 3.38. The zero-order chi connectivity index (χ0) is 13.8. The van der Waals surface area contributed by atoms with E-state index < -0.39 is 5.97 Å². The summed E-state index contributed by atoms with van der Waals surface area (Å²) in [4.78, 5) is 25.5. The third-order valence-corrected chi connectivity index (χ3v) is 3.24. The number of nitrogens with one attached hydrogen (secondary N) is 1. The van der Waals surface area contributed by atoms with Crippen LogP contribution in [0.4, 0.5) is 0 Å². The molecule has 1 aromatic rings. The summed E-state index contributed by atoms with van der Waals surface area (Å²) >= 11 is 0. The van der Waals surface area contributed by atoms with Gasteiger partial charge in [0.2, 0.25) is 0 Å². The lowest BCUT2D eigenvalue weighted by Crippen LogP contribution is -2.49. The summed E-state index contributed by atoms with van der Waals surface area (Å²) in [5, 5.41) is 2.89. The second-order valence-corrected chi connectivity index (χ2v) is 4.87. The van der Waals surface area contributed by atoms with E-state index in [1.54, 1.807) is 24.3 Å². The number of hydrogen-bond donors (Lipinski definition) is 1. The monoisotopic (exact) mass is 262 g/mol. The maximum Gasteiger partial charge on any atom is 0.337 e. The second kappa shape index (κ2) is 5.84. The van der Waals surface area contributed by atoms with Crippen LogP contribution in [0, 0.1) is 5.92 Å². The molecule has 0 saturated carbocycles.